The van der Waals surface area contributed by atoms with Crippen LogP contribution < -0.4 is 0 Å². The third kappa shape index (κ3) is 3.60. The van der Waals surface area contributed by atoms with E-state index in [1.807, 2.05) is 30.3 Å². The van der Waals surface area contributed by atoms with Crippen LogP contribution in [0.4, 0.5) is 0 Å². The number of nitrogens with zero attached hydrogens (tertiary/aromatic N) is 1. The van der Waals surface area contributed by atoms with Gasteiger partial charge in [0.25, 0.3) is 0 Å². The maximum Gasteiger partial charge on any atom is 0.178 e. The normalized spacial score (nSPS) is 12.5. The quantitative estimate of drug-likeness (QED) is 0.182. The van der Waals surface area contributed by atoms with Gasteiger partial charge >= 0.3 is 0 Å². The SMILES string of the molecule is c1ccc2c(c1)oc1cc3c(cc12)c1ccccc1n3-c1ccc2oc3c(ccc4c5ccc(-c6cccc7c6oc6ccccc67)cc5oc43)c2c1. The number of benzene rings is 8. The van der Waals surface area contributed by atoms with Gasteiger partial charge < -0.3 is 22.2 Å². The molecule has 0 aliphatic carbocycles. The summed E-state index contributed by atoms with van der Waals surface area (Å²) in [6, 6.07) is 53.0. The molecular formula is C48H25NO4. The van der Waals surface area contributed by atoms with Crippen LogP contribution in [0.25, 0.3) is 126 Å². The lowest BCUT2D eigenvalue weighted by molar-refractivity contribution is 0.633. The summed E-state index contributed by atoms with van der Waals surface area (Å²) in [6.07, 6.45) is 0. The van der Waals surface area contributed by atoms with Crippen LogP contribution >= 0.6 is 0 Å². The fourth-order valence-electron chi connectivity index (χ4n) is 8.80. The molecule has 0 unspecified atom stereocenters. The molecule has 0 saturated heterocycles. The van der Waals surface area contributed by atoms with Crippen LogP contribution in [0.3, 0.4) is 0 Å². The van der Waals surface area contributed by atoms with Crippen molar-refractivity contribution < 1.29 is 17.7 Å². The number of rotatable bonds is 2. The van der Waals surface area contributed by atoms with E-state index in [1.54, 1.807) is 0 Å². The molecule has 0 atom stereocenters. The van der Waals surface area contributed by atoms with Crippen LogP contribution in [-0.2, 0) is 0 Å². The molecule has 13 rings (SSSR count). The largest absolute Gasteiger partial charge is 0.456 e. The van der Waals surface area contributed by atoms with Crippen LogP contribution in [0.5, 0.6) is 0 Å². The van der Waals surface area contributed by atoms with Crippen LogP contribution in [0, 0.1) is 0 Å². The van der Waals surface area contributed by atoms with Crippen LogP contribution in [0.2, 0.25) is 0 Å². The third-order valence-electron chi connectivity index (χ3n) is 11.2. The molecule has 0 amide bonds. The van der Waals surface area contributed by atoms with Crippen molar-refractivity contribution in [3.05, 3.63) is 152 Å². The average Bonchev–Trinajstić information content (AvgIpc) is 4.01. The summed E-state index contributed by atoms with van der Waals surface area (Å²) in [7, 11) is 0. The lowest BCUT2D eigenvalue weighted by Gasteiger charge is -2.08. The summed E-state index contributed by atoms with van der Waals surface area (Å²) in [5.74, 6) is 0. The lowest BCUT2D eigenvalue weighted by atomic mass is 10.0. The van der Waals surface area contributed by atoms with Gasteiger partial charge in [-0.1, -0.05) is 78.9 Å². The molecule has 5 nitrogen and oxygen atoms in total. The van der Waals surface area contributed by atoms with Crippen molar-refractivity contribution in [3.63, 3.8) is 0 Å². The Bertz CT molecular complexity index is 3700. The van der Waals surface area contributed by atoms with Crippen LogP contribution in [-0.4, -0.2) is 4.57 Å². The summed E-state index contributed by atoms with van der Waals surface area (Å²) >= 11 is 0. The van der Waals surface area contributed by atoms with Crippen molar-refractivity contribution in [2.24, 2.45) is 0 Å². The molecule has 13 aromatic rings. The van der Waals surface area contributed by atoms with E-state index in [0.717, 1.165) is 116 Å². The van der Waals surface area contributed by atoms with E-state index >= 15 is 0 Å². The fourth-order valence-corrected chi connectivity index (χ4v) is 8.80. The first kappa shape index (κ1) is 27.5. The van der Waals surface area contributed by atoms with Crippen molar-refractivity contribution in [2.75, 3.05) is 0 Å². The highest BCUT2D eigenvalue weighted by Crippen LogP contribution is 2.43. The molecule has 53 heavy (non-hydrogen) atoms. The van der Waals surface area contributed by atoms with Gasteiger partial charge in [-0.3, -0.25) is 0 Å². The predicted octanol–water partition coefficient (Wildman–Crippen LogP) is 14.0. The number of para-hydroxylation sites is 4. The van der Waals surface area contributed by atoms with Crippen LogP contribution in [0.15, 0.2) is 169 Å². The molecule has 0 N–H and O–H groups in total. The van der Waals surface area contributed by atoms with Crippen molar-refractivity contribution >= 4 is 110 Å². The molecule has 5 heteroatoms. The molecule has 0 aliphatic heterocycles. The van der Waals surface area contributed by atoms with Gasteiger partial charge in [-0.25, -0.2) is 0 Å². The van der Waals surface area contributed by atoms with Gasteiger partial charge in [0.1, 0.15) is 33.5 Å². The maximum atomic E-state index is 6.67. The Morgan fingerprint density at radius 1 is 0.302 bits per heavy atom. The minimum absolute atomic E-state index is 0.748. The Morgan fingerprint density at radius 2 is 0.887 bits per heavy atom. The number of furan rings is 4. The maximum absolute atomic E-state index is 6.67. The summed E-state index contributed by atoms with van der Waals surface area (Å²) in [5.41, 5.74) is 12.0. The zero-order valence-electron chi connectivity index (χ0n) is 28.0. The van der Waals surface area contributed by atoms with E-state index in [0.29, 0.717) is 0 Å². The van der Waals surface area contributed by atoms with E-state index in [1.165, 1.54) is 10.8 Å². The zero-order valence-corrected chi connectivity index (χ0v) is 28.0. The summed E-state index contributed by atoms with van der Waals surface area (Å²) in [5, 5.41) is 11.0. The molecule has 0 bridgehead atoms. The van der Waals surface area contributed by atoms with Gasteiger partial charge in [-0.2, -0.15) is 0 Å². The van der Waals surface area contributed by atoms with E-state index in [4.69, 9.17) is 17.7 Å². The number of hydrogen-bond donors (Lipinski definition) is 0. The Hall–Kier alpha value is -7.24. The highest BCUT2D eigenvalue weighted by molar-refractivity contribution is 6.21. The van der Waals surface area contributed by atoms with Crippen LogP contribution in [0.1, 0.15) is 0 Å². The van der Waals surface area contributed by atoms with Gasteiger partial charge in [0.2, 0.25) is 0 Å². The smallest absolute Gasteiger partial charge is 0.178 e. The molecule has 5 heterocycles. The molecule has 8 aromatic carbocycles. The molecule has 0 fully saturated rings. The molecule has 0 spiro atoms. The molecular weight excluding hydrogens is 655 g/mol. The van der Waals surface area contributed by atoms with Crippen molar-refractivity contribution in [1.29, 1.82) is 0 Å². The fraction of sp³-hybridized carbons (Fsp3) is 0. The van der Waals surface area contributed by atoms with Gasteiger partial charge in [0, 0.05) is 71.2 Å². The first-order chi connectivity index (χ1) is 26.2. The standard InChI is InChI=1S/C48H25NO4/c1-4-13-39-29(8-1)36-24-38-31-10-3-5-14-41(31)50-45(38)25-40(36)49(39)27-17-21-43-37(23-27)35-20-19-34-32-18-16-26(22-44(32)53-47(34)48(35)52-43)28-11-7-12-33-30-9-2-6-15-42(30)51-46(28)33/h1-25H. The second-order valence-electron chi connectivity index (χ2n) is 14.0. The Balaban J connectivity index is 0.999. The summed E-state index contributed by atoms with van der Waals surface area (Å²) < 4.78 is 28.3. The number of aromatic nitrogens is 1. The average molecular weight is 680 g/mol. The van der Waals surface area contributed by atoms with E-state index in [9.17, 15) is 0 Å². The second-order valence-corrected chi connectivity index (χ2v) is 14.0. The number of hydrogen-bond acceptors (Lipinski definition) is 4. The Labute approximate surface area is 299 Å². The Kier molecular flexibility index (Phi) is 5.06. The first-order valence-corrected chi connectivity index (χ1v) is 17.8. The van der Waals surface area contributed by atoms with Gasteiger partial charge in [-0.05, 0) is 72.3 Å². The minimum atomic E-state index is 0.748. The van der Waals surface area contributed by atoms with E-state index in [-0.39, 0.29) is 0 Å². The second kappa shape index (κ2) is 9.75. The van der Waals surface area contributed by atoms with Crippen molar-refractivity contribution in [1.82, 2.24) is 4.57 Å². The van der Waals surface area contributed by atoms with Crippen molar-refractivity contribution in [2.45, 2.75) is 0 Å². The van der Waals surface area contributed by atoms with E-state index < -0.39 is 0 Å². The zero-order chi connectivity index (χ0) is 34.4. The minimum Gasteiger partial charge on any atom is -0.456 e. The molecule has 0 aliphatic rings. The predicted molar refractivity (Wildman–Crippen MR) is 215 cm³/mol. The Morgan fingerprint density at radius 3 is 1.75 bits per heavy atom. The third-order valence-corrected chi connectivity index (χ3v) is 11.2. The molecule has 5 aromatic heterocycles. The molecule has 246 valence electrons. The highest BCUT2D eigenvalue weighted by Gasteiger charge is 2.20. The molecule has 0 saturated carbocycles. The molecule has 0 radical (unpaired) electrons. The van der Waals surface area contributed by atoms with Gasteiger partial charge in [0.05, 0.1) is 11.0 Å². The monoisotopic (exact) mass is 679 g/mol. The van der Waals surface area contributed by atoms with E-state index in [2.05, 4.69) is 126 Å². The van der Waals surface area contributed by atoms with Crippen molar-refractivity contribution in [3.8, 4) is 16.8 Å². The topological polar surface area (TPSA) is 57.5 Å². The lowest BCUT2D eigenvalue weighted by Crippen LogP contribution is -1.93. The van der Waals surface area contributed by atoms with Gasteiger partial charge in [0.15, 0.2) is 11.2 Å². The summed E-state index contributed by atoms with van der Waals surface area (Å²) in [6.45, 7) is 0. The first-order valence-electron chi connectivity index (χ1n) is 17.8. The van der Waals surface area contributed by atoms with Gasteiger partial charge in [-0.15, -0.1) is 0 Å². The number of fused-ring (bicyclic) bond motifs is 16. The highest BCUT2D eigenvalue weighted by atomic mass is 16.4. The summed E-state index contributed by atoms with van der Waals surface area (Å²) in [4.78, 5) is 0.